The minimum atomic E-state index is -0.360. The van der Waals surface area contributed by atoms with E-state index in [-0.39, 0.29) is 11.6 Å². The molecule has 0 aromatic carbocycles. The maximum atomic E-state index is 12.1. The van der Waals surface area contributed by atoms with Crippen molar-refractivity contribution in [2.75, 3.05) is 11.9 Å². The van der Waals surface area contributed by atoms with E-state index >= 15 is 0 Å². The molecule has 1 atom stereocenters. The minimum absolute atomic E-state index is 0.241. The van der Waals surface area contributed by atoms with Gasteiger partial charge < -0.3 is 15.2 Å². The molecule has 0 aliphatic carbocycles. The van der Waals surface area contributed by atoms with Crippen LogP contribution in [-0.2, 0) is 13.5 Å². The molecule has 0 saturated carbocycles. The van der Waals surface area contributed by atoms with Crippen LogP contribution in [0, 0.1) is 0 Å². The van der Waals surface area contributed by atoms with Gasteiger partial charge in [0, 0.05) is 25.6 Å². The second kappa shape index (κ2) is 6.50. The Morgan fingerprint density at radius 3 is 3.14 bits per heavy atom. The Labute approximate surface area is 133 Å². The maximum Gasteiger partial charge on any atom is 0.277 e. The number of nitrogens with zero attached hydrogens (tertiary/aromatic N) is 3. The first-order chi connectivity index (χ1) is 10.6. The molecule has 3 rings (SSSR count). The van der Waals surface area contributed by atoms with E-state index in [1.165, 1.54) is 23.7 Å². The van der Waals surface area contributed by atoms with Crippen LogP contribution < -0.4 is 10.6 Å². The predicted molar refractivity (Wildman–Crippen MR) is 82.0 cm³/mol. The number of hydrogen-bond donors (Lipinski definition) is 2. The van der Waals surface area contributed by atoms with Gasteiger partial charge in [-0.1, -0.05) is 23.2 Å². The van der Waals surface area contributed by atoms with Crippen molar-refractivity contribution < 1.29 is 9.32 Å². The molecule has 1 aliphatic rings. The normalized spacial score (nSPS) is 18.4. The fraction of sp³-hybridized carbons (Fsp3) is 0.500. The third-order valence-electron chi connectivity index (χ3n) is 3.77. The van der Waals surface area contributed by atoms with Gasteiger partial charge in [0.1, 0.15) is 10.9 Å². The number of anilines is 1. The van der Waals surface area contributed by atoms with Crippen LogP contribution in [0.3, 0.4) is 0 Å². The van der Waals surface area contributed by atoms with E-state index in [0.29, 0.717) is 22.6 Å². The summed E-state index contributed by atoms with van der Waals surface area (Å²) in [6.07, 6.45) is 5.79. The molecule has 0 bridgehead atoms. The Hall–Kier alpha value is -1.86. The highest BCUT2D eigenvalue weighted by Gasteiger charge is 2.19. The summed E-state index contributed by atoms with van der Waals surface area (Å²) in [4.78, 5) is 12.1. The standard InChI is InChI=1S/C14H18ClN5O2/c1-20-13(15)12(8-17-20)18-14(21)11-7-10(22-19-11)6-9-4-2-3-5-16-9/h7-9,16H,2-6H2,1H3,(H,18,21). The van der Waals surface area contributed by atoms with Crippen molar-refractivity contribution in [3.8, 4) is 0 Å². The highest BCUT2D eigenvalue weighted by molar-refractivity contribution is 6.32. The van der Waals surface area contributed by atoms with Crippen LogP contribution in [0.25, 0.3) is 0 Å². The molecule has 1 saturated heterocycles. The summed E-state index contributed by atoms with van der Waals surface area (Å²) in [5.41, 5.74) is 0.693. The van der Waals surface area contributed by atoms with E-state index < -0.39 is 0 Å². The Morgan fingerprint density at radius 1 is 1.59 bits per heavy atom. The van der Waals surface area contributed by atoms with Crippen molar-refractivity contribution in [2.24, 2.45) is 7.05 Å². The summed E-state index contributed by atoms with van der Waals surface area (Å²) < 4.78 is 6.73. The fourth-order valence-electron chi connectivity index (χ4n) is 2.55. The van der Waals surface area contributed by atoms with Crippen molar-refractivity contribution in [2.45, 2.75) is 31.7 Å². The van der Waals surface area contributed by atoms with E-state index in [9.17, 15) is 4.79 Å². The first-order valence-electron chi connectivity index (χ1n) is 7.31. The van der Waals surface area contributed by atoms with Crippen LogP contribution in [0.4, 0.5) is 5.69 Å². The molecular weight excluding hydrogens is 306 g/mol. The number of rotatable bonds is 4. The summed E-state index contributed by atoms with van der Waals surface area (Å²) in [6.45, 7) is 1.03. The second-order valence-electron chi connectivity index (χ2n) is 5.46. The Kier molecular flexibility index (Phi) is 4.44. The average Bonchev–Trinajstić information content (AvgIpc) is 3.10. The topological polar surface area (TPSA) is 85.0 Å². The number of carbonyl (C=O) groups excluding carboxylic acids is 1. The summed E-state index contributed by atoms with van der Waals surface area (Å²) in [5.74, 6) is 0.350. The molecule has 8 heteroatoms. The van der Waals surface area contributed by atoms with Crippen LogP contribution in [0.2, 0.25) is 5.15 Å². The molecule has 2 aromatic rings. The van der Waals surface area contributed by atoms with Crippen LogP contribution in [0.1, 0.15) is 35.5 Å². The molecule has 118 valence electrons. The lowest BCUT2D eigenvalue weighted by molar-refractivity contribution is 0.101. The molecular formula is C14H18ClN5O2. The number of nitrogens with one attached hydrogen (secondary N) is 2. The lowest BCUT2D eigenvalue weighted by Crippen LogP contribution is -2.35. The highest BCUT2D eigenvalue weighted by atomic mass is 35.5. The second-order valence-corrected chi connectivity index (χ2v) is 5.81. The molecule has 22 heavy (non-hydrogen) atoms. The number of carbonyl (C=O) groups is 1. The van der Waals surface area contributed by atoms with Gasteiger partial charge in [0.05, 0.1) is 11.9 Å². The zero-order valence-electron chi connectivity index (χ0n) is 12.3. The largest absolute Gasteiger partial charge is 0.361 e. The third-order valence-corrected chi connectivity index (χ3v) is 4.21. The van der Waals surface area contributed by atoms with Crippen molar-refractivity contribution in [3.63, 3.8) is 0 Å². The molecule has 0 spiro atoms. The van der Waals surface area contributed by atoms with Crippen molar-refractivity contribution in [1.82, 2.24) is 20.3 Å². The molecule has 1 fully saturated rings. The molecule has 2 aromatic heterocycles. The number of amides is 1. The Bertz CT molecular complexity index is 660. The van der Waals surface area contributed by atoms with E-state index in [1.54, 1.807) is 13.1 Å². The van der Waals surface area contributed by atoms with E-state index in [4.69, 9.17) is 16.1 Å². The lowest BCUT2D eigenvalue weighted by atomic mass is 10.0. The van der Waals surface area contributed by atoms with Crippen molar-refractivity contribution >= 4 is 23.2 Å². The molecule has 7 nitrogen and oxygen atoms in total. The smallest absolute Gasteiger partial charge is 0.277 e. The molecule has 1 unspecified atom stereocenters. The Morgan fingerprint density at radius 2 is 2.45 bits per heavy atom. The van der Waals surface area contributed by atoms with Crippen LogP contribution in [-0.4, -0.2) is 33.4 Å². The number of aryl methyl sites for hydroxylation is 1. The monoisotopic (exact) mass is 323 g/mol. The van der Waals surface area contributed by atoms with Crippen LogP contribution >= 0.6 is 11.6 Å². The van der Waals surface area contributed by atoms with Gasteiger partial charge in [-0.2, -0.15) is 5.10 Å². The van der Waals surface area contributed by atoms with Gasteiger partial charge in [-0.15, -0.1) is 0 Å². The SMILES string of the molecule is Cn1ncc(NC(=O)c2cc(CC3CCCCN3)on2)c1Cl. The number of halogens is 1. The maximum absolute atomic E-state index is 12.1. The molecule has 2 N–H and O–H groups in total. The van der Waals surface area contributed by atoms with Gasteiger partial charge in [-0.3, -0.25) is 9.48 Å². The molecule has 0 radical (unpaired) electrons. The third kappa shape index (κ3) is 3.31. The number of hydrogen-bond acceptors (Lipinski definition) is 5. The number of piperidine rings is 1. The van der Waals surface area contributed by atoms with Gasteiger partial charge >= 0.3 is 0 Å². The van der Waals surface area contributed by atoms with Gasteiger partial charge in [0.25, 0.3) is 5.91 Å². The van der Waals surface area contributed by atoms with Crippen molar-refractivity contribution in [1.29, 1.82) is 0 Å². The van der Waals surface area contributed by atoms with Gasteiger partial charge in [0.15, 0.2) is 5.69 Å². The quantitative estimate of drug-likeness (QED) is 0.899. The van der Waals surface area contributed by atoms with Crippen LogP contribution in [0.5, 0.6) is 0 Å². The van der Waals surface area contributed by atoms with E-state index in [0.717, 1.165) is 19.4 Å². The van der Waals surface area contributed by atoms with Gasteiger partial charge in [0.2, 0.25) is 0 Å². The van der Waals surface area contributed by atoms with E-state index in [2.05, 4.69) is 20.9 Å². The number of aromatic nitrogens is 3. The fourth-order valence-corrected chi connectivity index (χ4v) is 2.69. The first kappa shape index (κ1) is 15.1. The predicted octanol–water partition coefficient (Wildman–Crippen LogP) is 2.00. The average molecular weight is 324 g/mol. The summed E-state index contributed by atoms with van der Waals surface area (Å²) in [5, 5.41) is 14.3. The molecule has 1 amide bonds. The van der Waals surface area contributed by atoms with Crippen LogP contribution in [0.15, 0.2) is 16.8 Å². The van der Waals surface area contributed by atoms with E-state index in [1.807, 2.05) is 0 Å². The molecule has 3 heterocycles. The minimum Gasteiger partial charge on any atom is -0.361 e. The molecule has 1 aliphatic heterocycles. The summed E-state index contributed by atoms with van der Waals surface area (Å²) in [6, 6.07) is 2.07. The van der Waals surface area contributed by atoms with Crippen molar-refractivity contribution in [3.05, 3.63) is 28.9 Å². The summed E-state index contributed by atoms with van der Waals surface area (Å²) >= 11 is 6.01. The van der Waals surface area contributed by atoms with Gasteiger partial charge in [-0.05, 0) is 19.4 Å². The van der Waals surface area contributed by atoms with Gasteiger partial charge in [-0.25, -0.2) is 0 Å². The first-order valence-corrected chi connectivity index (χ1v) is 7.69. The summed E-state index contributed by atoms with van der Waals surface area (Å²) in [7, 11) is 1.70. The zero-order chi connectivity index (χ0) is 15.5. The highest BCUT2D eigenvalue weighted by Crippen LogP contribution is 2.21. The lowest BCUT2D eigenvalue weighted by Gasteiger charge is -2.21. The zero-order valence-corrected chi connectivity index (χ0v) is 13.1. The Balaban J connectivity index is 1.62.